The van der Waals surface area contributed by atoms with Crippen molar-refractivity contribution in [3.8, 4) is 0 Å². The van der Waals surface area contributed by atoms with Gasteiger partial charge in [-0.05, 0) is 12.1 Å². The predicted octanol–water partition coefficient (Wildman–Crippen LogP) is 0.884. The third-order valence-corrected chi connectivity index (χ3v) is 2.25. The molecule has 0 spiro atoms. The van der Waals surface area contributed by atoms with Crippen LogP contribution < -0.4 is 10.1 Å². The van der Waals surface area contributed by atoms with Crippen molar-refractivity contribution in [3.63, 3.8) is 0 Å². The number of pyridine rings is 2. The Kier molecular flexibility index (Phi) is 1.28. The highest BCUT2D eigenvalue weighted by atomic mass is 15.1. The predicted molar refractivity (Wildman–Crippen MR) is 53.7 cm³/mol. The molecular formula is C10H9N4+. The summed E-state index contributed by atoms with van der Waals surface area (Å²) in [4.78, 5) is 7.52. The fourth-order valence-corrected chi connectivity index (χ4v) is 1.61. The zero-order chi connectivity index (χ0) is 9.54. The summed E-state index contributed by atoms with van der Waals surface area (Å²) >= 11 is 0. The molecule has 0 aliphatic carbocycles. The van der Waals surface area contributed by atoms with Gasteiger partial charge in [0.1, 0.15) is 0 Å². The Morgan fingerprint density at radius 2 is 2.14 bits per heavy atom. The summed E-state index contributed by atoms with van der Waals surface area (Å²) in [6.07, 6.45) is 1.96. The molecule has 0 bridgehead atoms. The number of nitrogens with zero attached hydrogens (tertiary/aromatic N) is 2. The van der Waals surface area contributed by atoms with E-state index in [1.165, 1.54) is 0 Å². The highest BCUT2D eigenvalue weighted by molar-refractivity contribution is 5.71. The van der Waals surface area contributed by atoms with Gasteiger partial charge < -0.3 is 5.73 Å². The van der Waals surface area contributed by atoms with Crippen LogP contribution in [0, 0.1) is 0 Å². The minimum atomic E-state index is 0.537. The Hall–Kier alpha value is -2.10. The quantitative estimate of drug-likeness (QED) is 0.511. The number of fused-ring (bicyclic) bond motifs is 3. The molecule has 3 aromatic heterocycles. The van der Waals surface area contributed by atoms with Crippen LogP contribution in [-0.4, -0.2) is 9.97 Å². The number of rotatable bonds is 0. The van der Waals surface area contributed by atoms with E-state index in [9.17, 15) is 0 Å². The van der Waals surface area contributed by atoms with Crippen LogP contribution in [0.4, 0.5) is 5.82 Å². The van der Waals surface area contributed by atoms with E-state index in [0.29, 0.717) is 5.82 Å². The summed E-state index contributed by atoms with van der Waals surface area (Å²) in [6.45, 7) is 0. The Morgan fingerprint density at radius 3 is 3.07 bits per heavy atom. The van der Waals surface area contributed by atoms with E-state index in [4.69, 9.17) is 5.73 Å². The molecule has 0 fully saturated rings. The van der Waals surface area contributed by atoms with Gasteiger partial charge in [-0.3, -0.25) is 4.98 Å². The number of nitrogen functional groups attached to an aromatic ring is 1. The smallest absolute Gasteiger partial charge is 0.308 e. The third kappa shape index (κ3) is 0.877. The molecule has 4 nitrogen and oxygen atoms in total. The van der Waals surface area contributed by atoms with Crippen molar-refractivity contribution < 1.29 is 4.40 Å². The maximum Gasteiger partial charge on any atom is 0.308 e. The van der Waals surface area contributed by atoms with Crippen LogP contribution in [0.3, 0.4) is 0 Å². The number of nitrogens with one attached hydrogen (secondary N) is 1. The van der Waals surface area contributed by atoms with Gasteiger partial charge in [0.15, 0.2) is 5.52 Å². The van der Waals surface area contributed by atoms with Crippen molar-refractivity contribution in [2.24, 2.45) is 0 Å². The molecule has 14 heavy (non-hydrogen) atoms. The first-order valence-electron chi connectivity index (χ1n) is 4.39. The highest BCUT2D eigenvalue weighted by Gasteiger charge is 2.11. The zero-order valence-corrected chi connectivity index (χ0v) is 7.44. The average molecular weight is 185 g/mol. The summed E-state index contributed by atoms with van der Waals surface area (Å²) in [5.41, 5.74) is 8.50. The van der Waals surface area contributed by atoms with Gasteiger partial charge in [-0.2, -0.15) is 4.40 Å². The van der Waals surface area contributed by atoms with Crippen molar-refractivity contribution in [1.29, 1.82) is 0 Å². The molecule has 0 aliphatic rings. The molecule has 3 heterocycles. The number of aromatic nitrogens is 3. The number of nitrogens with two attached hydrogens (primary N) is 1. The normalized spacial score (nSPS) is 11.1. The average Bonchev–Trinajstić information content (AvgIpc) is 2.56. The van der Waals surface area contributed by atoms with E-state index >= 15 is 0 Å². The van der Waals surface area contributed by atoms with Crippen LogP contribution >= 0.6 is 0 Å². The fourth-order valence-electron chi connectivity index (χ4n) is 1.61. The topological polar surface area (TPSA) is 58.8 Å². The molecule has 0 unspecified atom stereocenters. The highest BCUT2D eigenvalue weighted by Crippen LogP contribution is 2.09. The molecule has 0 aliphatic heterocycles. The molecule has 0 amide bonds. The SMILES string of the molecule is Nc1ccc2[nH]c3cccc[n+]3c2n1. The number of imidazole rings is 1. The standard InChI is InChI=1S/C10H8N4/c11-8-5-4-7-10(13-8)14-6-2-1-3-9(14)12-7/h1-6H,(H2,11,13)/p+1. The largest absolute Gasteiger partial charge is 0.370 e. The van der Waals surface area contributed by atoms with Crippen molar-refractivity contribution in [1.82, 2.24) is 9.97 Å². The number of hydrogen-bond acceptors (Lipinski definition) is 2. The van der Waals surface area contributed by atoms with Crippen LogP contribution in [0.15, 0.2) is 36.5 Å². The third-order valence-electron chi connectivity index (χ3n) is 2.25. The summed E-state index contributed by atoms with van der Waals surface area (Å²) in [5.74, 6) is 0.537. The van der Waals surface area contributed by atoms with Gasteiger partial charge in [-0.15, -0.1) is 0 Å². The molecule has 3 aromatic rings. The van der Waals surface area contributed by atoms with E-state index < -0.39 is 0 Å². The second-order valence-electron chi connectivity index (χ2n) is 3.19. The first-order chi connectivity index (χ1) is 6.84. The number of anilines is 1. The molecule has 0 aromatic carbocycles. The second kappa shape index (κ2) is 2.45. The fraction of sp³-hybridized carbons (Fsp3) is 0. The Bertz CT molecular complexity index is 612. The summed E-state index contributed by atoms with van der Waals surface area (Å²) in [6, 6.07) is 9.67. The monoisotopic (exact) mass is 185 g/mol. The molecule has 3 rings (SSSR count). The number of H-pyrrole nitrogens is 1. The second-order valence-corrected chi connectivity index (χ2v) is 3.19. The lowest BCUT2D eigenvalue weighted by molar-refractivity contribution is -0.483. The minimum Gasteiger partial charge on any atom is -0.370 e. The lowest BCUT2D eigenvalue weighted by atomic mass is 10.4. The van der Waals surface area contributed by atoms with Crippen LogP contribution in [-0.2, 0) is 0 Å². The molecule has 3 N–H and O–H groups in total. The van der Waals surface area contributed by atoms with Crippen LogP contribution in [0.25, 0.3) is 16.8 Å². The van der Waals surface area contributed by atoms with Crippen molar-refractivity contribution in [2.75, 3.05) is 5.73 Å². The van der Waals surface area contributed by atoms with Crippen LogP contribution in [0.1, 0.15) is 0 Å². The molecule has 0 atom stereocenters. The zero-order valence-electron chi connectivity index (χ0n) is 7.44. The molecule has 0 radical (unpaired) electrons. The van der Waals surface area contributed by atoms with E-state index in [2.05, 4.69) is 9.97 Å². The van der Waals surface area contributed by atoms with Crippen molar-refractivity contribution in [3.05, 3.63) is 36.5 Å². The van der Waals surface area contributed by atoms with E-state index in [0.717, 1.165) is 16.8 Å². The van der Waals surface area contributed by atoms with Gasteiger partial charge in [-0.1, -0.05) is 11.1 Å². The first-order valence-corrected chi connectivity index (χ1v) is 4.39. The van der Waals surface area contributed by atoms with Gasteiger partial charge in [0.2, 0.25) is 11.5 Å². The first kappa shape index (κ1) is 7.32. The van der Waals surface area contributed by atoms with Crippen LogP contribution in [0.2, 0.25) is 0 Å². The lowest BCUT2D eigenvalue weighted by Crippen LogP contribution is -2.19. The Morgan fingerprint density at radius 1 is 1.21 bits per heavy atom. The van der Waals surface area contributed by atoms with Crippen molar-refractivity contribution >= 4 is 22.6 Å². The molecular weight excluding hydrogens is 176 g/mol. The molecule has 0 saturated heterocycles. The molecule has 68 valence electrons. The van der Waals surface area contributed by atoms with Crippen molar-refractivity contribution in [2.45, 2.75) is 0 Å². The summed E-state index contributed by atoms with van der Waals surface area (Å²) < 4.78 is 1.98. The van der Waals surface area contributed by atoms with Gasteiger partial charge in [-0.25, -0.2) is 0 Å². The maximum atomic E-state index is 5.64. The van der Waals surface area contributed by atoms with E-state index in [1.54, 1.807) is 6.07 Å². The van der Waals surface area contributed by atoms with E-state index in [-0.39, 0.29) is 0 Å². The van der Waals surface area contributed by atoms with Crippen LogP contribution in [0.5, 0.6) is 0 Å². The van der Waals surface area contributed by atoms with Gasteiger partial charge in [0.25, 0.3) is 0 Å². The van der Waals surface area contributed by atoms with Gasteiger partial charge >= 0.3 is 5.65 Å². The van der Waals surface area contributed by atoms with E-state index in [1.807, 2.05) is 34.9 Å². The molecule has 4 heteroatoms. The summed E-state index contributed by atoms with van der Waals surface area (Å²) in [5, 5.41) is 0. The van der Waals surface area contributed by atoms with Gasteiger partial charge in [0, 0.05) is 12.1 Å². The Labute approximate surface area is 80.0 Å². The molecule has 0 saturated carbocycles. The summed E-state index contributed by atoms with van der Waals surface area (Å²) in [7, 11) is 0. The lowest BCUT2D eigenvalue weighted by Gasteiger charge is -1.86. The van der Waals surface area contributed by atoms with Gasteiger partial charge in [0.05, 0.1) is 6.20 Å². The minimum absolute atomic E-state index is 0.537. The Balaban J connectivity index is 2.58. The number of hydrogen-bond donors (Lipinski definition) is 2. The number of aromatic amines is 1. The maximum absolute atomic E-state index is 5.64.